The number of aromatic amines is 1. The maximum atomic E-state index is 5.70. The molecule has 0 aliphatic heterocycles. The third-order valence-corrected chi connectivity index (χ3v) is 2.27. The number of nitrogens with one attached hydrogen (secondary N) is 1. The molecule has 0 unspecified atom stereocenters. The van der Waals surface area contributed by atoms with Crippen LogP contribution in [0.25, 0.3) is 11.3 Å². The van der Waals surface area contributed by atoms with Crippen molar-refractivity contribution in [2.24, 2.45) is 5.92 Å². The number of ether oxygens (including phenoxy) is 1. The quantitative estimate of drug-likeness (QED) is 0.846. The van der Waals surface area contributed by atoms with Crippen LogP contribution >= 0.6 is 0 Å². The molecule has 17 heavy (non-hydrogen) atoms. The molecular formula is C12H16N4O. The molecule has 2 aromatic rings. The number of nitrogens with two attached hydrogens (primary N) is 1. The van der Waals surface area contributed by atoms with Crippen molar-refractivity contribution in [3.8, 4) is 17.0 Å². The molecule has 3 N–H and O–H groups in total. The van der Waals surface area contributed by atoms with E-state index in [1.807, 2.05) is 24.3 Å². The number of hydrogen-bond acceptors (Lipinski definition) is 4. The Balaban J connectivity index is 2.20. The second kappa shape index (κ2) is 4.86. The van der Waals surface area contributed by atoms with Crippen LogP contribution in [-0.2, 0) is 0 Å². The normalized spacial score (nSPS) is 10.8. The maximum absolute atomic E-state index is 5.70. The molecule has 0 saturated carbocycles. The van der Waals surface area contributed by atoms with Crippen LogP contribution in [0.15, 0.2) is 24.3 Å². The minimum absolute atomic E-state index is 0.394. The lowest BCUT2D eigenvalue weighted by atomic mass is 10.1. The summed E-state index contributed by atoms with van der Waals surface area (Å²) in [5.41, 5.74) is 7.25. The van der Waals surface area contributed by atoms with Crippen molar-refractivity contribution in [3.05, 3.63) is 24.3 Å². The predicted molar refractivity (Wildman–Crippen MR) is 66.6 cm³/mol. The number of nitrogens with zero attached hydrogens (tertiary/aromatic N) is 2. The van der Waals surface area contributed by atoms with E-state index in [0.29, 0.717) is 24.0 Å². The third-order valence-electron chi connectivity index (χ3n) is 2.27. The molecule has 0 aliphatic rings. The minimum Gasteiger partial charge on any atom is -0.493 e. The molecule has 2 rings (SSSR count). The van der Waals surface area contributed by atoms with E-state index in [2.05, 4.69) is 29.3 Å². The Morgan fingerprint density at radius 1 is 1.35 bits per heavy atom. The predicted octanol–water partition coefficient (Wildman–Crippen LogP) is 2.09. The number of benzene rings is 1. The van der Waals surface area contributed by atoms with Gasteiger partial charge in [-0.3, -0.25) is 0 Å². The van der Waals surface area contributed by atoms with Crippen LogP contribution in [0.2, 0.25) is 0 Å². The smallest absolute Gasteiger partial charge is 0.173 e. The fourth-order valence-corrected chi connectivity index (χ4v) is 1.45. The summed E-state index contributed by atoms with van der Waals surface area (Å²) in [7, 11) is 0. The highest BCUT2D eigenvalue weighted by Gasteiger charge is 2.08. The summed E-state index contributed by atoms with van der Waals surface area (Å²) in [5.74, 6) is 1.71. The Hall–Kier alpha value is -2.04. The Labute approximate surface area is 100.0 Å². The molecule has 0 radical (unpaired) electrons. The van der Waals surface area contributed by atoms with Gasteiger partial charge in [0.15, 0.2) is 5.82 Å². The molecule has 0 fully saturated rings. The van der Waals surface area contributed by atoms with E-state index in [9.17, 15) is 0 Å². The monoisotopic (exact) mass is 232 g/mol. The summed E-state index contributed by atoms with van der Waals surface area (Å²) < 4.78 is 5.65. The molecule has 90 valence electrons. The van der Waals surface area contributed by atoms with Crippen LogP contribution in [0.5, 0.6) is 5.75 Å². The van der Waals surface area contributed by atoms with Gasteiger partial charge in [0.2, 0.25) is 0 Å². The van der Waals surface area contributed by atoms with Crippen molar-refractivity contribution in [2.75, 3.05) is 12.3 Å². The average molecular weight is 232 g/mol. The second-order valence-corrected chi connectivity index (χ2v) is 4.29. The molecule has 0 saturated heterocycles. The Morgan fingerprint density at radius 2 is 2.18 bits per heavy atom. The maximum Gasteiger partial charge on any atom is 0.173 e. The van der Waals surface area contributed by atoms with Crippen molar-refractivity contribution >= 4 is 5.82 Å². The van der Waals surface area contributed by atoms with Crippen LogP contribution in [-0.4, -0.2) is 22.0 Å². The molecule has 0 bridgehead atoms. The fraction of sp³-hybridized carbons (Fsp3) is 0.333. The number of hydrogen-bond donors (Lipinski definition) is 2. The molecule has 0 aliphatic carbocycles. The van der Waals surface area contributed by atoms with Gasteiger partial charge in [0.25, 0.3) is 0 Å². The van der Waals surface area contributed by atoms with Crippen LogP contribution in [0.3, 0.4) is 0 Å². The summed E-state index contributed by atoms with van der Waals surface area (Å²) in [6.45, 7) is 4.91. The molecule has 1 aromatic heterocycles. The number of aromatic nitrogens is 3. The molecule has 1 aromatic carbocycles. The van der Waals surface area contributed by atoms with Gasteiger partial charge in [-0.15, -0.1) is 5.10 Å². The highest BCUT2D eigenvalue weighted by molar-refractivity contribution is 5.70. The van der Waals surface area contributed by atoms with Gasteiger partial charge in [0.1, 0.15) is 11.4 Å². The first-order chi connectivity index (χ1) is 8.16. The first-order valence-electron chi connectivity index (χ1n) is 5.56. The topological polar surface area (TPSA) is 76.8 Å². The van der Waals surface area contributed by atoms with Gasteiger partial charge in [-0.2, -0.15) is 10.3 Å². The number of rotatable bonds is 4. The van der Waals surface area contributed by atoms with E-state index in [4.69, 9.17) is 10.5 Å². The van der Waals surface area contributed by atoms with Gasteiger partial charge in [-0.05, 0) is 18.1 Å². The van der Waals surface area contributed by atoms with Crippen LogP contribution in [0, 0.1) is 5.92 Å². The highest BCUT2D eigenvalue weighted by Crippen LogP contribution is 2.25. The number of anilines is 1. The van der Waals surface area contributed by atoms with Gasteiger partial charge in [-0.1, -0.05) is 26.0 Å². The summed E-state index contributed by atoms with van der Waals surface area (Å²) in [6.07, 6.45) is 0. The summed E-state index contributed by atoms with van der Waals surface area (Å²) in [4.78, 5) is 0. The van der Waals surface area contributed by atoms with Crippen molar-refractivity contribution in [2.45, 2.75) is 13.8 Å². The first kappa shape index (κ1) is 11.4. The van der Waals surface area contributed by atoms with E-state index in [1.54, 1.807) is 0 Å². The van der Waals surface area contributed by atoms with Gasteiger partial charge >= 0.3 is 0 Å². The summed E-state index contributed by atoms with van der Waals surface area (Å²) >= 11 is 0. The van der Waals surface area contributed by atoms with Gasteiger partial charge in [0.05, 0.1) is 6.61 Å². The average Bonchev–Trinajstić information content (AvgIpc) is 2.73. The second-order valence-electron chi connectivity index (χ2n) is 4.29. The minimum atomic E-state index is 0.394. The summed E-state index contributed by atoms with van der Waals surface area (Å²) in [5, 5.41) is 10.3. The largest absolute Gasteiger partial charge is 0.493 e. The number of H-pyrrole nitrogens is 1. The first-order valence-corrected chi connectivity index (χ1v) is 5.56. The van der Waals surface area contributed by atoms with Crippen molar-refractivity contribution in [3.63, 3.8) is 0 Å². The fourth-order valence-electron chi connectivity index (χ4n) is 1.45. The molecule has 0 spiro atoms. The van der Waals surface area contributed by atoms with Crippen LogP contribution in [0.1, 0.15) is 13.8 Å². The highest BCUT2D eigenvalue weighted by atomic mass is 16.5. The molecule has 0 amide bonds. The molecule has 5 nitrogen and oxygen atoms in total. The van der Waals surface area contributed by atoms with E-state index in [1.165, 1.54) is 0 Å². The molecular weight excluding hydrogens is 216 g/mol. The zero-order valence-electron chi connectivity index (χ0n) is 9.97. The van der Waals surface area contributed by atoms with Gasteiger partial charge < -0.3 is 10.5 Å². The standard InChI is InChI=1S/C12H16N4O/c1-8(2)7-17-10-5-3-4-9(6-10)11-12(13)15-16-14-11/h3-6,8H,7H2,1-2H3,(H3,13,14,15,16). The summed E-state index contributed by atoms with van der Waals surface area (Å²) in [6, 6.07) is 7.67. The van der Waals surface area contributed by atoms with Crippen molar-refractivity contribution in [1.82, 2.24) is 15.4 Å². The van der Waals surface area contributed by atoms with E-state index in [-0.39, 0.29) is 0 Å². The third kappa shape index (κ3) is 2.75. The van der Waals surface area contributed by atoms with Crippen molar-refractivity contribution < 1.29 is 4.74 Å². The molecule has 0 atom stereocenters. The lowest BCUT2D eigenvalue weighted by Gasteiger charge is -2.09. The van der Waals surface area contributed by atoms with Crippen molar-refractivity contribution in [1.29, 1.82) is 0 Å². The van der Waals surface area contributed by atoms with E-state index < -0.39 is 0 Å². The van der Waals surface area contributed by atoms with Crippen LogP contribution in [0.4, 0.5) is 5.82 Å². The lowest BCUT2D eigenvalue weighted by Crippen LogP contribution is -2.04. The number of nitrogen functional groups attached to an aromatic ring is 1. The van der Waals surface area contributed by atoms with E-state index in [0.717, 1.165) is 11.3 Å². The van der Waals surface area contributed by atoms with E-state index >= 15 is 0 Å². The molecule has 1 heterocycles. The zero-order valence-corrected chi connectivity index (χ0v) is 9.97. The lowest BCUT2D eigenvalue weighted by molar-refractivity contribution is 0.271. The Kier molecular flexibility index (Phi) is 3.27. The van der Waals surface area contributed by atoms with Crippen LogP contribution < -0.4 is 10.5 Å². The SMILES string of the molecule is CC(C)COc1cccc(-c2n[nH]nc2N)c1. The molecule has 5 heteroatoms. The Bertz CT molecular complexity index is 493. The van der Waals surface area contributed by atoms with Gasteiger partial charge in [-0.25, -0.2) is 0 Å². The Morgan fingerprint density at radius 3 is 2.82 bits per heavy atom. The van der Waals surface area contributed by atoms with Gasteiger partial charge in [0, 0.05) is 5.56 Å². The zero-order chi connectivity index (χ0) is 12.3.